The number of nitrogens with zero attached hydrogens (tertiary/aromatic N) is 2. The van der Waals surface area contributed by atoms with E-state index in [1.165, 1.54) is 0 Å². The summed E-state index contributed by atoms with van der Waals surface area (Å²) < 4.78 is 3.13. The van der Waals surface area contributed by atoms with Crippen molar-refractivity contribution in [2.45, 2.75) is 6.92 Å². The van der Waals surface area contributed by atoms with Crippen molar-refractivity contribution >= 4 is 21.4 Å². The largest absolute Gasteiger partial charge is 0.308 e. The van der Waals surface area contributed by atoms with Crippen molar-refractivity contribution in [1.82, 2.24) is 9.38 Å². The summed E-state index contributed by atoms with van der Waals surface area (Å²) in [6.45, 7) is 1.98. The molecule has 0 fully saturated rings. The van der Waals surface area contributed by atoms with Gasteiger partial charge in [0.2, 0.25) is 0 Å². The third-order valence-electron chi connectivity index (χ3n) is 1.62. The van der Waals surface area contributed by atoms with E-state index in [1.54, 1.807) is 0 Å². The quantitative estimate of drug-likeness (QED) is 0.653. The van der Waals surface area contributed by atoms with Crippen LogP contribution < -0.4 is 0 Å². The molecule has 11 heavy (non-hydrogen) atoms. The van der Waals surface area contributed by atoms with Gasteiger partial charge in [0.1, 0.15) is 0 Å². The molecule has 0 bridgehead atoms. The summed E-state index contributed by atoms with van der Waals surface area (Å²) in [4.78, 5) is 4.18. The molecule has 2 heterocycles. The Morgan fingerprint density at radius 1 is 1.45 bits per heavy atom. The Balaban J connectivity index is 2.87. The lowest BCUT2D eigenvalue weighted by atomic mass is 10.5. The van der Waals surface area contributed by atoms with Crippen molar-refractivity contribution in [3.05, 3.63) is 34.8 Å². The topological polar surface area (TPSA) is 17.3 Å². The zero-order chi connectivity index (χ0) is 7.84. The van der Waals surface area contributed by atoms with E-state index >= 15 is 0 Å². The second kappa shape index (κ2) is 2.34. The molecule has 0 radical (unpaired) electrons. The number of hydrogen-bond donors (Lipinski definition) is 0. The van der Waals surface area contributed by atoms with Crippen molar-refractivity contribution in [1.29, 1.82) is 0 Å². The van der Waals surface area contributed by atoms with Crippen LogP contribution in [0.15, 0.2) is 29.1 Å². The van der Waals surface area contributed by atoms with Gasteiger partial charge in [-0.25, -0.2) is 0 Å². The molecule has 2 nitrogen and oxygen atoms in total. The summed E-state index contributed by atoms with van der Waals surface area (Å²) in [5, 5.41) is 0. The summed E-state index contributed by atoms with van der Waals surface area (Å²) in [7, 11) is 0. The lowest BCUT2D eigenvalue weighted by Gasteiger charge is -1.96. The van der Waals surface area contributed by atoms with Crippen LogP contribution in [0.25, 0.3) is 5.52 Å². The number of aromatic nitrogens is 2. The zero-order valence-corrected chi connectivity index (χ0v) is 7.67. The molecular weight excluding hydrogens is 204 g/mol. The van der Waals surface area contributed by atoms with E-state index in [4.69, 9.17) is 0 Å². The summed E-state index contributed by atoms with van der Waals surface area (Å²) >= 11 is 3.44. The minimum Gasteiger partial charge on any atom is -0.308 e. The van der Waals surface area contributed by atoms with Crippen LogP contribution in [0.2, 0.25) is 0 Å². The lowest BCUT2D eigenvalue weighted by Crippen LogP contribution is -1.87. The number of hydrogen-bond acceptors (Lipinski definition) is 1. The van der Waals surface area contributed by atoms with E-state index in [1.807, 2.05) is 31.5 Å². The first-order valence-electron chi connectivity index (χ1n) is 3.36. The van der Waals surface area contributed by atoms with E-state index in [2.05, 4.69) is 25.3 Å². The molecule has 0 saturated carbocycles. The SMILES string of the molecule is Cc1cn2c(Br)ccc2cn1. The van der Waals surface area contributed by atoms with Crippen LogP contribution >= 0.6 is 15.9 Å². The Labute approximate surface area is 73.0 Å². The van der Waals surface area contributed by atoms with Crippen molar-refractivity contribution in [2.24, 2.45) is 0 Å². The maximum atomic E-state index is 4.18. The van der Waals surface area contributed by atoms with Gasteiger partial charge in [-0.1, -0.05) is 0 Å². The maximum Gasteiger partial charge on any atom is 0.0893 e. The highest BCUT2D eigenvalue weighted by Crippen LogP contribution is 2.14. The Morgan fingerprint density at radius 3 is 3.09 bits per heavy atom. The molecule has 0 aliphatic heterocycles. The molecule has 0 aliphatic rings. The molecule has 0 atom stereocenters. The van der Waals surface area contributed by atoms with Gasteiger partial charge in [0.05, 0.1) is 22.0 Å². The minimum atomic E-state index is 1.02. The molecule has 2 aromatic heterocycles. The van der Waals surface area contributed by atoms with Gasteiger partial charge in [0.15, 0.2) is 0 Å². The van der Waals surface area contributed by atoms with E-state index in [0.717, 1.165) is 15.8 Å². The molecule has 2 rings (SSSR count). The van der Waals surface area contributed by atoms with Gasteiger partial charge in [-0.15, -0.1) is 0 Å². The van der Waals surface area contributed by atoms with Crippen molar-refractivity contribution in [3.8, 4) is 0 Å². The summed E-state index contributed by atoms with van der Waals surface area (Å²) in [5.41, 5.74) is 2.14. The van der Waals surface area contributed by atoms with Gasteiger partial charge in [-0.2, -0.15) is 0 Å². The molecule has 0 aliphatic carbocycles. The summed E-state index contributed by atoms with van der Waals surface area (Å²) in [5.74, 6) is 0. The Kier molecular flexibility index (Phi) is 1.46. The number of rotatable bonds is 0. The molecule has 56 valence electrons. The Hall–Kier alpha value is -0.830. The molecule has 0 aromatic carbocycles. The second-order valence-corrected chi connectivity index (χ2v) is 3.29. The molecule has 3 heteroatoms. The molecular formula is C8H7BrN2. The molecule has 0 spiro atoms. The van der Waals surface area contributed by atoms with E-state index in [0.29, 0.717) is 0 Å². The maximum absolute atomic E-state index is 4.18. The number of fused-ring (bicyclic) bond motifs is 1. The van der Waals surface area contributed by atoms with Crippen LogP contribution in [0, 0.1) is 6.92 Å². The van der Waals surface area contributed by atoms with E-state index in [9.17, 15) is 0 Å². The fourth-order valence-electron chi connectivity index (χ4n) is 1.07. The molecule has 0 amide bonds. The van der Waals surface area contributed by atoms with Gasteiger partial charge in [0, 0.05) is 6.20 Å². The van der Waals surface area contributed by atoms with Crippen molar-refractivity contribution in [3.63, 3.8) is 0 Å². The monoisotopic (exact) mass is 210 g/mol. The zero-order valence-electron chi connectivity index (χ0n) is 6.08. The van der Waals surface area contributed by atoms with Crippen LogP contribution in [0.1, 0.15) is 5.69 Å². The fraction of sp³-hybridized carbons (Fsp3) is 0.125. The standard InChI is InChI=1S/C8H7BrN2/c1-6-5-11-7(4-10-6)2-3-8(11)9/h2-5H,1H3. The van der Waals surface area contributed by atoms with Crippen molar-refractivity contribution in [2.75, 3.05) is 0 Å². The van der Waals surface area contributed by atoms with Gasteiger partial charge in [0.25, 0.3) is 0 Å². The predicted molar refractivity (Wildman–Crippen MR) is 47.6 cm³/mol. The van der Waals surface area contributed by atoms with Crippen LogP contribution in [-0.4, -0.2) is 9.38 Å². The first-order valence-corrected chi connectivity index (χ1v) is 4.16. The van der Waals surface area contributed by atoms with Crippen LogP contribution in [-0.2, 0) is 0 Å². The fourth-order valence-corrected chi connectivity index (χ4v) is 1.51. The Morgan fingerprint density at radius 2 is 2.27 bits per heavy atom. The van der Waals surface area contributed by atoms with E-state index < -0.39 is 0 Å². The third kappa shape index (κ3) is 1.05. The summed E-state index contributed by atoms with van der Waals surface area (Å²) in [6, 6.07) is 4.03. The molecule has 0 N–H and O–H groups in total. The number of halogens is 1. The average Bonchev–Trinajstić information content (AvgIpc) is 2.33. The highest BCUT2D eigenvalue weighted by Gasteiger charge is 1.96. The first kappa shape index (κ1) is 6.85. The van der Waals surface area contributed by atoms with Gasteiger partial charge >= 0.3 is 0 Å². The van der Waals surface area contributed by atoms with Crippen molar-refractivity contribution < 1.29 is 0 Å². The van der Waals surface area contributed by atoms with Crippen LogP contribution in [0.5, 0.6) is 0 Å². The third-order valence-corrected chi connectivity index (χ3v) is 2.26. The van der Waals surface area contributed by atoms with Gasteiger partial charge in [-0.3, -0.25) is 4.98 Å². The highest BCUT2D eigenvalue weighted by atomic mass is 79.9. The smallest absolute Gasteiger partial charge is 0.0893 e. The van der Waals surface area contributed by atoms with Gasteiger partial charge < -0.3 is 4.40 Å². The summed E-state index contributed by atoms with van der Waals surface area (Å²) in [6.07, 6.45) is 3.86. The van der Waals surface area contributed by atoms with E-state index in [-0.39, 0.29) is 0 Å². The second-order valence-electron chi connectivity index (χ2n) is 2.48. The Bertz CT molecular complexity index is 392. The predicted octanol–water partition coefficient (Wildman–Crippen LogP) is 2.41. The normalized spacial score (nSPS) is 10.7. The average molecular weight is 211 g/mol. The van der Waals surface area contributed by atoms with Gasteiger partial charge in [-0.05, 0) is 35.0 Å². The van der Waals surface area contributed by atoms with Crippen LogP contribution in [0.3, 0.4) is 0 Å². The highest BCUT2D eigenvalue weighted by molar-refractivity contribution is 9.10. The molecule has 0 saturated heterocycles. The number of aryl methyl sites for hydroxylation is 1. The minimum absolute atomic E-state index is 1.02. The van der Waals surface area contributed by atoms with Crippen LogP contribution in [0.4, 0.5) is 0 Å². The first-order chi connectivity index (χ1) is 5.27. The molecule has 0 unspecified atom stereocenters. The molecule has 2 aromatic rings. The lowest BCUT2D eigenvalue weighted by molar-refractivity contribution is 1.06.